The molecule has 0 spiro atoms. The van der Waals surface area contributed by atoms with E-state index >= 15 is 0 Å². The summed E-state index contributed by atoms with van der Waals surface area (Å²) in [5.74, 6) is 1.19. The minimum Gasteiger partial charge on any atom is -0.461 e. The summed E-state index contributed by atoms with van der Waals surface area (Å²) < 4.78 is 16.1. The van der Waals surface area contributed by atoms with Gasteiger partial charge in [-0.1, -0.05) is 5.16 Å². The van der Waals surface area contributed by atoms with Crippen molar-refractivity contribution in [3.63, 3.8) is 0 Å². The molecular formula is C16H18N2O4. The Morgan fingerprint density at radius 2 is 2.32 bits per heavy atom. The number of carbonyl (C=O) groups excluding carboxylic acids is 1. The third kappa shape index (κ3) is 2.33. The first kappa shape index (κ1) is 13.6. The van der Waals surface area contributed by atoms with Crippen LogP contribution in [0.15, 0.2) is 33.4 Å². The Morgan fingerprint density at radius 3 is 3.00 bits per heavy atom. The minimum atomic E-state index is -0.535. The number of rotatable bonds is 5. The predicted molar refractivity (Wildman–Crippen MR) is 77.1 cm³/mol. The van der Waals surface area contributed by atoms with Crippen molar-refractivity contribution in [1.29, 1.82) is 0 Å². The molecule has 2 fully saturated rings. The van der Waals surface area contributed by atoms with Crippen molar-refractivity contribution in [3.05, 3.63) is 30.2 Å². The Hall–Kier alpha value is -2.08. The number of ether oxygens (including phenoxy) is 1. The Bertz CT molecular complexity index is 652. The third-order valence-electron chi connectivity index (χ3n) is 4.46. The minimum absolute atomic E-state index is 0.0160. The van der Waals surface area contributed by atoms with Gasteiger partial charge in [0.05, 0.1) is 23.5 Å². The number of hydrogen-bond acceptors (Lipinski definition) is 5. The van der Waals surface area contributed by atoms with E-state index in [9.17, 15) is 4.79 Å². The number of nitrogens with one attached hydrogen (secondary N) is 1. The molecule has 6 heteroatoms. The van der Waals surface area contributed by atoms with Gasteiger partial charge in [0.1, 0.15) is 0 Å². The van der Waals surface area contributed by atoms with Crippen LogP contribution in [-0.2, 0) is 14.9 Å². The van der Waals surface area contributed by atoms with Crippen LogP contribution in [-0.4, -0.2) is 30.3 Å². The highest BCUT2D eigenvalue weighted by Gasteiger charge is 2.53. The van der Waals surface area contributed by atoms with Crippen molar-refractivity contribution in [2.45, 2.75) is 37.2 Å². The van der Waals surface area contributed by atoms with Gasteiger partial charge in [-0.15, -0.1) is 0 Å². The van der Waals surface area contributed by atoms with Crippen molar-refractivity contribution in [2.24, 2.45) is 0 Å². The Labute approximate surface area is 127 Å². The molecule has 0 aromatic carbocycles. The highest BCUT2D eigenvalue weighted by Crippen LogP contribution is 2.48. The summed E-state index contributed by atoms with van der Waals surface area (Å²) in [6, 6.07) is 5.40. The summed E-state index contributed by atoms with van der Waals surface area (Å²) in [7, 11) is 0. The first-order valence-electron chi connectivity index (χ1n) is 7.69. The van der Waals surface area contributed by atoms with Crippen LogP contribution in [0, 0.1) is 0 Å². The van der Waals surface area contributed by atoms with Gasteiger partial charge in [-0.25, -0.2) is 0 Å². The van der Waals surface area contributed by atoms with Crippen LogP contribution in [0.4, 0.5) is 0 Å². The molecule has 1 N–H and O–H groups in total. The van der Waals surface area contributed by atoms with Crippen LogP contribution in [0.25, 0.3) is 11.5 Å². The summed E-state index contributed by atoms with van der Waals surface area (Å²) in [6.07, 6.45) is 5.42. The van der Waals surface area contributed by atoms with Gasteiger partial charge in [-0.2, -0.15) is 0 Å². The van der Waals surface area contributed by atoms with Gasteiger partial charge < -0.3 is 19.0 Å². The quantitative estimate of drug-likeness (QED) is 0.916. The Morgan fingerprint density at radius 1 is 1.41 bits per heavy atom. The van der Waals surface area contributed by atoms with Crippen molar-refractivity contribution < 1.29 is 18.5 Å². The molecule has 0 bridgehead atoms. The summed E-state index contributed by atoms with van der Waals surface area (Å²) in [5.41, 5.74) is 0.149. The number of aromatic nitrogens is 1. The maximum atomic E-state index is 12.5. The number of carbonyl (C=O) groups is 1. The highest BCUT2D eigenvalue weighted by molar-refractivity contribution is 5.91. The maximum absolute atomic E-state index is 12.5. The van der Waals surface area contributed by atoms with Crippen LogP contribution in [0.3, 0.4) is 0 Å². The first-order chi connectivity index (χ1) is 10.8. The van der Waals surface area contributed by atoms with Crippen molar-refractivity contribution >= 4 is 5.91 Å². The SMILES string of the molecule is O=C(NCC1CCCO1)C1(c2cc(-c3ccco3)on2)CC1. The number of hydrogen-bond donors (Lipinski definition) is 1. The maximum Gasteiger partial charge on any atom is 0.232 e. The van der Waals surface area contributed by atoms with Gasteiger partial charge >= 0.3 is 0 Å². The molecule has 1 aliphatic heterocycles. The largest absolute Gasteiger partial charge is 0.461 e. The second-order valence-corrected chi connectivity index (χ2v) is 5.98. The van der Waals surface area contributed by atoms with E-state index in [2.05, 4.69) is 10.5 Å². The molecule has 0 radical (unpaired) electrons. The molecule has 3 heterocycles. The number of amides is 1. The molecule has 1 aliphatic carbocycles. The van der Waals surface area contributed by atoms with Gasteiger partial charge in [-0.05, 0) is 37.8 Å². The zero-order chi connectivity index (χ0) is 15.0. The van der Waals surface area contributed by atoms with Gasteiger partial charge in [0.15, 0.2) is 5.76 Å². The highest BCUT2D eigenvalue weighted by atomic mass is 16.5. The van der Waals surface area contributed by atoms with E-state index in [4.69, 9.17) is 13.7 Å². The lowest BCUT2D eigenvalue weighted by molar-refractivity contribution is -0.124. The molecule has 2 aromatic rings. The lowest BCUT2D eigenvalue weighted by Crippen LogP contribution is -2.39. The van der Waals surface area contributed by atoms with E-state index in [1.807, 2.05) is 0 Å². The van der Waals surface area contributed by atoms with E-state index in [0.29, 0.717) is 23.8 Å². The normalized spacial score (nSPS) is 22.6. The van der Waals surface area contributed by atoms with Gasteiger partial charge in [-0.3, -0.25) is 4.79 Å². The first-order valence-corrected chi connectivity index (χ1v) is 7.69. The molecule has 116 valence electrons. The van der Waals surface area contributed by atoms with Gasteiger partial charge in [0.25, 0.3) is 0 Å². The zero-order valence-electron chi connectivity index (χ0n) is 12.2. The predicted octanol–water partition coefficient (Wildman–Crippen LogP) is 2.26. The smallest absolute Gasteiger partial charge is 0.232 e. The second kappa shape index (κ2) is 5.28. The summed E-state index contributed by atoms with van der Waals surface area (Å²) in [5, 5.41) is 7.08. The van der Waals surface area contributed by atoms with E-state index in [0.717, 1.165) is 32.3 Å². The molecule has 1 saturated carbocycles. The Balaban J connectivity index is 1.45. The van der Waals surface area contributed by atoms with E-state index in [-0.39, 0.29) is 12.0 Å². The fourth-order valence-electron chi connectivity index (χ4n) is 2.94. The summed E-state index contributed by atoms with van der Waals surface area (Å²) in [6.45, 7) is 1.37. The number of furan rings is 1. The molecular weight excluding hydrogens is 284 g/mol. The molecule has 6 nitrogen and oxygen atoms in total. The van der Waals surface area contributed by atoms with Crippen LogP contribution < -0.4 is 5.32 Å². The van der Waals surface area contributed by atoms with E-state index < -0.39 is 5.41 Å². The van der Waals surface area contributed by atoms with E-state index in [1.165, 1.54) is 0 Å². The van der Waals surface area contributed by atoms with Gasteiger partial charge in [0, 0.05) is 19.2 Å². The number of nitrogens with zero attached hydrogens (tertiary/aromatic N) is 1. The summed E-state index contributed by atoms with van der Waals surface area (Å²) in [4.78, 5) is 12.5. The second-order valence-electron chi connectivity index (χ2n) is 5.98. The van der Waals surface area contributed by atoms with Crippen LogP contribution in [0.5, 0.6) is 0 Å². The lowest BCUT2D eigenvalue weighted by Gasteiger charge is -2.15. The van der Waals surface area contributed by atoms with Crippen molar-refractivity contribution in [1.82, 2.24) is 10.5 Å². The molecule has 1 atom stereocenters. The monoisotopic (exact) mass is 302 g/mol. The fourth-order valence-corrected chi connectivity index (χ4v) is 2.94. The molecule has 22 heavy (non-hydrogen) atoms. The Kier molecular flexibility index (Phi) is 3.26. The van der Waals surface area contributed by atoms with E-state index in [1.54, 1.807) is 24.5 Å². The lowest BCUT2D eigenvalue weighted by atomic mass is 10.0. The van der Waals surface area contributed by atoms with Crippen molar-refractivity contribution in [3.8, 4) is 11.5 Å². The average molecular weight is 302 g/mol. The average Bonchev–Trinajstić information content (AvgIpc) is 3.04. The topological polar surface area (TPSA) is 77.5 Å². The fraction of sp³-hybridized carbons (Fsp3) is 0.500. The third-order valence-corrected chi connectivity index (χ3v) is 4.46. The van der Waals surface area contributed by atoms with Crippen molar-refractivity contribution in [2.75, 3.05) is 13.2 Å². The molecule has 2 aromatic heterocycles. The molecule has 1 unspecified atom stereocenters. The summed E-state index contributed by atoms with van der Waals surface area (Å²) >= 11 is 0. The molecule has 1 saturated heterocycles. The molecule has 1 amide bonds. The van der Waals surface area contributed by atoms with Crippen LogP contribution in [0.2, 0.25) is 0 Å². The van der Waals surface area contributed by atoms with Crippen LogP contribution in [0.1, 0.15) is 31.4 Å². The zero-order valence-corrected chi connectivity index (χ0v) is 12.2. The standard InChI is InChI=1S/C16H18N2O4/c19-15(17-10-11-3-1-7-20-11)16(5-6-16)14-9-13(22-18-14)12-4-2-8-21-12/h2,4,8-9,11H,1,3,5-7,10H2,(H,17,19). The molecule has 4 rings (SSSR count). The van der Waals surface area contributed by atoms with Gasteiger partial charge in [0.2, 0.25) is 11.7 Å². The molecule has 2 aliphatic rings. The van der Waals surface area contributed by atoms with Crippen LogP contribution >= 0.6 is 0 Å².